The summed E-state index contributed by atoms with van der Waals surface area (Å²) in [7, 11) is 2.05. The minimum Gasteiger partial charge on any atom is -0.506 e. The molecule has 1 saturated heterocycles. The first-order valence-corrected chi connectivity index (χ1v) is 9.73. The molecule has 3 heterocycles. The van der Waals surface area contributed by atoms with Crippen molar-refractivity contribution in [3.05, 3.63) is 41.5 Å². The van der Waals surface area contributed by atoms with Crippen LogP contribution in [0.15, 0.2) is 24.4 Å². The van der Waals surface area contributed by atoms with E-state index in [1.807, 2.05) is 30.9 Å². The first kappa shape index (κ1) is 17.5. The first-order valence-electron chi connectivity index (χ1n) is 9.73. The summed E-state index contributed by atoms with van der Waals surface area (Å²) in [6.07, 6.45) is 7.05. The van der Waals surface area contributed by atoms with E-state index in [1.54, 1.807) is 6.07 Å². The zero-order chi connectivity index (χ0) is 18.1. The van der Waals surface area contributed by atoms with Crippen LogP contribution < -0.4 is 5.32 Å². The van der Waals surface area contributed by atoms with Crippen molar-refractivity contribution in [1.82, 2.24) is 25.0 Å². The topological polar surface area (TPSA) is 66.2 Å². The van der Waals surface area contributed by atoms with Gasteiger partial charge in [-0.2, -0.15) is 5.10 Å². The van der Waals surface area contributed by atoms with Crippen LogP contribution in [-0.4, -0.2) is 43.9 Å². The van der Waals surface area contributed by atoms with Crippen molar-refractivity contribution in [2.75, 3.05) is 13.1 Å². The smallest absolute Gasteiger partial charge is 0.138 e. The molecular formula is C20H29N5O. The quantitative estimate of drug-likeness (QED) is 0.834. The van der Waals surface area contributed by atoms with E-state index in [0.29, 0.717) is 18.5 Å². The number of piperidine rings is 1. The fourth-order valence-corrected chi connectivity index (χ4v) is 4.33. The van der Waals surface area contributed by atoms with Gasteiger partial charge >= 0.3 is 0 Å². The van der Waals surface area contributed by atoms with Crippen molar-refractivity contribution in [3.63, 3.8) is 0 Å². The number of nitrogens with zero attached hydrogens (tertiary/aromatic N) is 4. The molecule has 4 rings (SSSR count). The second-order valence-corrected chi connectivity index (χ2v) is 7.75. The van der Waals surface area contributed by atoms with Crippen molar-refractivity contribution >= 4 is 0 Å². The second kappa shape index (κ2) is 7.37. The molecule has 0 bridgehead atoms. The number of aromatic hydroxyl groups is 1. The summed E-state index contributed by atoms with van der Waals surface area (Å²) >= 11 is 0. The molecule has 6 nitrogen and oxygen atoms in total. The van der Waals surface area contributed by atoms with Gasteiger partial charge in [-0.05, 0) is 63.3 Å². The van der Waals surface area contributed by atoms with Crippen LogP contribution in [0.25, 0.3) is 0 Å². The van der Waals surface area contributed by atoms with Gasteiger partial charge < -0.3 is 10.4 Å². The van der Waals surface area contributed by atoms with Crippen LogP contribution in [0.5, 0.6) is 5.75 Å². The fraction of sp³-hybridized carbons (Fsp3) is 0.600. The molecule has 0 unspecified atom stereocenters. The normalized spacial score (nSPS) is 24.1. The maximum Gasteiger partial charge on any atom is 0.138 e. The number of pyridine rings is 1. The van der Waals surface area contributed by atoms with Crippen molar-refractivity contribution in [3.8, 4) is 5.75 Å². The molecule has 1 aliphatic carbocycles. The van der Waals surface area contributed by atoms with Crippen molar-refractivity contribution in [1.29, 1.82) is 0 Å². The average Bonchev–Trinajstić information content (AvgIpc) is 3.39. The number of hydrogen-bond donors (Lipinski definition) is 2. The van der Waals surface area contributed by atoms with E-state index in [2.05, 4.69) is 26.4 Å². The van der Waals surface area contributed by atoms with Crippen LogP contribution in [0.2, 0.25) is 0 Å². The molecule has 2 N–H and O–H groups in total. The van der Waals surface area contributed by atoms with Gasteiger partial charge in [-0.15, -0.1) is 0 Å². The van der Waals surface area contributed by atoms with Crippen LogP contribution >= 0.6 is 0 Å². The average molecular weight is 355 g/mol. The Bertz CT molecular complexity index is 754. The Labute approximate surface area is 155 Å². The van der Waals surface area contributed by atoms with E-state index in [4.69, 9.17) is 0 Å². The van der Waals surface area contributed by atoms with E-state index in [-0.39, 0.29) is 5.75 Å². The zero-order valence-corrected chi connectivity index (χ0v) is 15.7. The highest BCUT2D eigenvalue weighted by Crippen LogP contribution is 2.42. The lowest BCUT2D eigenvalue weighted by atomic mass is 9.86. The summed E-state index contributed by atoms with van der Waals surface area (Å²) in [4.78, 5) is 7.16. The third kappa shape index (κ3) is 3.62. The minimum atomic E-state index is 0.273. The van der Waals surface area contributed by atoms with Gasteiger partial charge in [-0.25, -0.2) is 0 Å². The molecule has 2 aromatic heterocycles. The van der Waals surface area contributed by atoms with E-state index < -0.39 is 0 Å². The predicted molar refractivity (Wildman–Crippen MR) is 101 cm³/mol. The molecule has 2 atom stereocenters. The number of rotatable bonds is 6. The molecule has 26 heavy (non-hydrogen) atoms. The van der Waals surface area contributed by atoms with Crippen LogP contribution in [0.1, 0.15) is 48.8 Å². The van der Waals surface area contributed by atoms with Gasteiger partial charge in [-0.3, -0.25) is 14.6 Å². The summed E-state index contributed by atoms with van der Waals surface area (Å²) in [5, 5.41) is 18.0. The third-order valence-electron chi connectivity index (χ3n) is 5.76. The summed E-state index contributed by atoms with van der Waals surface area (Å²) < 4.78 is 2.03. The second-order valence-electron chi connectivity index (χ2n) is 7.75. The first-order chi connectivity index (χ1) is 12.6. The van der Waals surface area contributed by atoms with Crippen molar-refractivity contribution in [2.24, 2.45) is 13.0 Å². The standard InChI is InChI=1S/C20H29N5O/c1-14-5-8-19(26)17(23-14)13-21-12-15-4-3-11-25(16-6-7-16)20(15)18-9-10-22-24(18)2/h5,8-10,15-16,20-21,26H,3-4,6-7,11-13H2,1-2H3/t15-,20+/m0/s1. The van der Waals surface area contributed by atoms with Crippen LogP contribution in [0.3, 0.4) is 0 Å². The molecular weight excluding hydrogens is 326 g/mol. The number of likely N-dealkylation sites (tertiary alicyclic amines) is 1. The highest BCUT2D eigenvalue weighted by Gasteiger charge is 2.41. The number of aryl methyl sites for hydroxylation is 2. The fourth-order valence-electron chi connectivity index (χ4n) is 4.33. The van der Waals surface area contributed by atoms with Gasteiger partial charge in [0.25, 0.3) is 0 Å². The molecule has 140 valence electrons. The Morgan fingerprint density at radius 3 is 2.81 bits per heavy atom. The van der Waals surface area contributed by atoms with Crippen molar-refractivity contribution in [2.45, 2.75) is 51.2 Å². The number of hydrogen-bond acceptors (Lipinski definition) is 5. The van der Waals surface area contributed by atoms with Crippen LogP contribution in [-0.2, 0) is 13.6 Å². The van der Waals surface area contributed by atoms with Gasteiger partial charge in [0.05, 0.1) is 17.4 Å². The lowest BCUT2D eigenvalue weighted by Gasteiger charge is -2.42. The Hall–Kier alpha value is -1.92. The monoisotopic (exact) mass is 355 g/mol. The van der Waals surface area contributed by atoms with E-state index >= 15 is 0 Å². The molecule has 1 aliphatic heterocycles. The van der Waals surface area contributed by atoms with Gasteiger partial charge in [0.1, 0.15) is 5.75 Å². The molecule has 0 aromatic carbocycles. The SMILES string of the molecule is Cc1ccc(O)c(CNC[C@@H]2CCCN(C3CC3)[C@H]2c2ccnn2C)n1. The zero-order valence-electron chi connectivity index (χ0n) is 15.7. The highest BCUT2D eigenvalue weighted by atomic mass is 16.3. The molecule has 2 aromatic rings. The maximum atomic E-state index is 10.0. The Morgan fingerprint density at radius 2 is 2.08 bits per heavy atom. The van der Waals surface area contributed by atoms with Gasteiger partial charge in [0, 0.05) is 38.1 Å². The molecule has 0 spiro atoms. The third-order valence-corrected chi connectivity index (χ3v) is 5.76. The Balaban J connectivity index is 1.46. The summed E-state index contributed by atoms with van der Waals surface area (Å²) in [6, 6.07) is 6.92. The Kier molecular flexibility index (Phi) is 4.96. The number of aromatic nitrogens is 3. The molecule has 1 saturated carbocycles. The summed E-state index contributed by atoms with van der Waals surface area (Å²) in [5.41, 5.74) is 2.99. The van der Waals surface area contributed by atoms with E-state index in [9.17, 15) is 5.11 Å². The Morgan fingerprint density at radius 1 is 1.23 bits per heavy atom. The lowest BCUT2D eigenvalue weighted by Crippen LogP contribution is -2.44. The van der Waals surface area contributed by atoms with Gasteiger partial charge in [0.2, 0.25) is 0 Å². The highest BCUT2D eigenvalue weighted by molar-refractivity contribution is 5.27. The predicted octanol–water partition coefficient (Wildman–Crippen LogP) is 2.53. The molecule has 0 radical (unpaired) electrons. The largest absolute Gasteiger partial charge is 0.506 e. The molecule has 0 amide bonds. The number of nitrogens with one attached hydrogen (secondary N) is 1. The molecule has 2 fully saturated rings. The molecule has 2 aliphatic rings. The van der Waals surface area contributed by atoms with Gasteiger partial charge in [-0.1, -0.05) is 0 Å². The van der Waals surface area contributed by atoms with Crippen LogP contribution in [0, 0.1) is 12.8 Å². The molecule has 6 heteroatoms. The van der Waals surface area contributed by atoms with Gasteiger partial charge in [0.15, 0.2) is 0 Å². The summed E-state index contributed by atoms with van der Waals surface area (Å²) in [5.74, 6) is 0.821. The van der Waals surface area contributed by atoms with E-state index in [0.717, 1.165) is 24.0 Å². The minimum absolute atomic E-state index is 0.273. The maximum absolute atomic E-state index is 10.0. The summed E-state index contributed by atoms with van der Waals surface area (Å²) in [6.45, 7) is 4.67. The van der Waals surface area contributed by atoms with E-state index in [1.165, 1.54) is 37.9 Å². The lowest BCUT2D eigenvalue weighted by molar-refractivity contribution is 0.0776. The van der Waals surface area contributed by atoms with Crippen LogP contribution in [0.4, 0.5) is 0 Å². The van der Waals surface area contributed by atoms with Crippen molar-refractivity contribution < 1.29 is 5.11 Å².